The van der Waals surface area contributed by atoms with Gasteiger partial charge >= 0.3 is 0 Å². The highest BCUT2D eigenvalue weighted by Crippen LogP contribution is 2.41. The summed E-state index contributed by atoms with van der Waals surface area (Å²) in [5.41, 5.74) is 4.16. The maximum atomic E-state index is 6.27. The van der Waals surface area contributed by atoms with E-state index in [1.165, 1.54) is 21.5 Å². The molecule has 0 saturated heterocycles. The third-order valence-corrected chi connectivity index (χ3v) is 5.00. The first-order chi connectivity index (χ1) is 11.8. The van der Waals surface area contributed by atoms with Gasteiger partial charge in [0, 0.05) is 20.8 Å². The van der Waals surface area contributed by atoms with Crippen molar-refractivity contribution in [3.05, 3.63) is 83.3 Å². The molecule has 1 nitrogen and oxygen atoms in total. The van der Waals surface area contributed by atoms with Crippen molar-refractivity contribution in [3.63, 3.8) is 0 Å². The van der Waals surface area contributed by atoms with Gasteiger partial charge in [-0.25, -0.2) is 0 Å². The lowest BCUT2D eigenvalue weighted by atomic mass is 9.96. The van der Waals surface area contributed by atoms with E-state index >= 15 is 0 Å². The van der Waals surface area contributed by atoms with Gasteiger partial charge in [0.05, 0.1) is 0 Å². The monoisotopic (exact) mass is 372 g/mol. The van der Waals surface area contributed by atoms with Crippen LogP contribution in [0.3, 0.4) is 0 Å². The molecule has 0 bridgehead atoms. The van der Waals surface area contributed by atoms with Crippen LogP contribution in [0, 0.1) is 0 Å². The molecular weight excluding hydrogens is 360 g/mol. The highest BCUT2D eigenvalue weighted by Gasteiger charge is 2.15. The summed E-state index contributed by atoms with van der Waals surface area (Å²) in [4.78, 5) is 0. The summed E-state index contributed by atoms with van der Waals surface area (Å²) in [6.45, 7) is 0. The molecule has 5 rings (SSSR count). The number of benzene rings is 4. The van der Waals surface area contributed by atoms with E-state index in [-0.39, 0.29) is 0 Å². The standard InChI is InChI=1S/C22H13BrO/c23-16-8-5-7-14(12-16)19-13-15-6-1-2-9-17(15)21-18-10-3-4-11-20(18)24-22(19)21/h1-13H. The molecule has 114 valence electrons. The molecule has 0 saturated carbocycles. The van der Waals surface area contributed by atoms with E-state index in [0.717, 1.165) is 26.8 Å². The normalized spacial score (nSPS) is 11.5. The minimum absolute atomic E-state index is 0.931. The maximum Gasteiger partial charge on any atom is 0.143 e. The van der Waals surface area contributed by atoms with Gasteiger partial charge in [0.2, 0.25) is 0 Å². The Kier molecular flexibility index (Phi) is 3.00. The summed E-state index contributed by atoms with van der Waals surface area (Å²) in [6.07, 6.45) is 0. The zero-order chi connectivity index (χ0) is 16.1. The van der Waals surface area contributed by atoms with Gasteiger partial charge < -0.3 is 4.42 Å². The first kappa shape index (κ1) is 13.8. The summed E-state index contributed by atoms with van der Waals surface area (Å²) in [6, 6.07) is 27.4. The molecule has 0 radical (unpaired) electrons. The average molecular weight is 373 g/mol. The van der Waals surface area contributed by atoms with Gasteiger partial charge in [0.15, 0.2) is 0 Å². The quantitative estimate of drug-likeness (QED) is 0.304. The molecule has 4 aromatic carbocycles. The van der Waals surface area contributed by atoms with Crippen molar-refractivity contribution in [2.75, 3.05) is 0 Å². The van der Waals surface area contributed by atoms with E-state index in [0.29, 0.717) is 0 Å². The fraction of sp³-hybridized carbons (Fsp3) is 0. The lowest BCUT2D eigenvalue weighted by Gasteiger charge is -2.07. The van der Waals surface area contributed by atoms with Crippen molar-refractivity contribution in [1.82, 2.24) is 0 Å². The van der Waals surface area contributed by atoms with Crippen LogP contribution in [-0.2, 0) is 0 Å². The zero-order valence-electron chi connectivity index (χ0n) is 12.8. The molecule has 0 atom stereocenters. The lowest BCUT2D eigenvalue weighted by molar-refractivity contribution is 0.670. The van der Waals surface area contributed by atoms with Crippen molar-refractivity contribution >= 4 is 48.6 Å². The molecule has 24 heavy (non-hydrogen) atoms. The first-order valence-electron chi connectivity index (χ1n) is 7.90. The Bertz CT molecular complexity index is 1220. The topological polar surface area (TPSA) is 13.1 Å². The van der Waals surface area contributed by atoms with E-state index in [4.69, 9.17) is 4.42 Å². The molecule has 1 heterocycles. The zero-order valence-corrected chi connectivity index (χ0v) is 14.4. The van der Waals surface area contributed by atoms with Crippen molar-refractivity contribution in [1.29, 1.82) is 0 Å². The van der Waals surface area contributed by atoms with Crippen molar-refractivity contribution in [3.8, 4) is 11.1 Å². The Balaban J connectivity index is 2.03. The Morgan fingerprint density at radius 3 is 2.38 bits per heavy atom. The average Bonchev–Trinajstić information content (AvgIpc) is 3.01. The summed E-state index contributed by atoms with van der Waals surface area (Å²) >= 11 is 3.58. The highest BCUT2D eigenvalue weighted by atomic mass is 79.9. The van der Waals surface area contributed by atoms with Gasteiger partial charge in [0.1, 0.15) is 11.2 Å². The summed E-state index contributed by atoms with van der Waals surface area (Å²) in [5, 5.41) is 4.82. The Hall–Kier alpha value is -2.58. The predicted molar refractivity (Wildman–Crippen MR) is 104 cm³/mol. The Morgan fingerprint density at radius 2 is 1.50 bits per heavy atom. The van der Waals surface area contributed by atoms with Crippen molar-refractivity contribution in [2.24, 2.45) is 0 Å². The molecule has 2 heteroatoms. The van der Waals surface area contributed by atoms with E-state index in [1.807, 2.05) is 18.2 Å². The van der Waals surface area contributed by atoms with Gasteiger partial charge in [-0.15, -0.1) is 0 Å². The molecular formula is C22H13BrO. The molecule has 0 amide bonds. The number of para-hydroxylation sites is 1. The number of hydrogen-bond donors (Lipinski definition) is 0. The largest absolute Gasteiger partial charge is 0.455 e. The van der Waals surface area contributed by atoms with E-state index < -0.39 is 0 Å². The van der Waals surface area contributed by atoms with Gasteiger partial charge in [-0.05, 0) is 40.6 Å². The second-order valence-electron chi connectivity index (χ2n) is 5.96. The highest BCUT2D eigenvalue weighted by molar-refractivity contribution is 9.10. The van der Waals surface area contributed by atoms with Gasteiger partial charge in [0.25, 0.3) is 0 Å². The Morgan fingerprint density at radius 1 is 0.708 bits per heavy atom. The number of furan rings is 1. The first-order valence-corrected chi connectivity index (χ1v) is 8.69. The van der Waals surface area contributed by atoms with E-state index in [2.05, 4.69) is 76.6 Å². The van der Waals surface area contributed by atoms with Crippen LogP contribution in [0.25, 0.3) is 43.8 Å². The molecule has 5 aromatic rings. The van der Waals surface area contributed by atoms with Crippen LogP contribution in [0.2, 0.25) is 0 Å². The number of halogens is 1. The lowest BCUT2D eigenvalue weighted by Crippen LogP contribution is -1.82. The number of hydrogen-bond acceptors (Lipinski definition) is 1. The van der Waals surface area contributed by atoms with E-state index in [9.17, 15) is 0 Å². The summed E-state index contributed by atoms with van der Waals surface area (Å²) in [5.74, 6) is 0. The molecule has 0 spiro atoms. The molecule has 0 aliphatic carbocycles. The van der Waals surface area contributed by atoms with Crippen molar-refractivity contribution < 1.29 is 4.42 Å². The molecule has 1 aromatic heterocycles. The fourth-order valence-corrected chi connectivity index (χ4v) is 3.84. The molecule has 0 unspecified atom stereocenters. The van der Waals surface area contributed by atoms with Crippen molar-refractivity contribution in [2.45, 2.75) is 0 Å². The molecule has 0 aliphatic heterocycles. The van der Waals surface area contributed by atoms with Crippen LogP contribution in [0.5, 0.6) is 0 Å². The Labute approximate surface area is 147 Å². The molecule has 0 fully saturated rings. The van der Waals surface area contributed by atoms with Crippen LogP contribution in [0.1, 0.15) is 0 Å². The van der Waals surface area contributed by atoms with Gasteiger partial charge in [-0.1, -0.05) is 70.5 Å². The predicted octanol–water partition coefficient (Wildman–Crippen LogP) is 7.17. The minimum atomic E-state index is 0.931. The summed E-state index contributed by atoms with van der Waals surface area (Å²) in [7, 11) is 0. The maximum absolute atomic E-state index is 6.27. The third-order valence-electron chi connectivity index (χ3n) is 4.51. The smallest absolute Gasteiger partial charge is 0.143 e. The second kappa shape index (κ2) is 5.22. The molecule has 0 N–H and O–H groups in total. The molecule has 0 aliphatic rings. The van der Waals surface area contributed by atoms with Crippen LogP contribution < -0.4 is 0 Å². The minimum Gasteiger partial charge on any atom is -0.455 e. The second-order valence-corrected chi connectivity index (χ2v) is 6.87. The fourth-order valence-electron chi connectivity index (χ4n) is 3.44. The van der Waals surface area contributed by atoms with Gasteiger partial charge in [-0.2, -0.15) is 0 Å². The van der Waals surface area contributed by atoms with Crippen LogP contribution in [0.15, 0.2) is 87.8 Å². The number of rotatable bonds is 1. The van der Waals surface area contributed by atoms with Crippen LogP contribution in [0.4, 0.5) is 0 Å². The van der Waals surface area contributed by atoms with Gasteiger partial charge in [-0.3, -0.25) is 0 Å². The van der Waals surface area contributed by atoms with Crippen LogP contribution >= 0.6 is 15.9 Å². The third kappa shape index (κ3) is 2.00. The number of fused-ring (bicyclic) bond motifs is 5. The van der Waals surface area contributed by atoms with Crippen LogP contribution in [-0.4, -0.2) is 0 Å². The van der Waals surface area contributed by atoms with E-state index in [1.54, 1.807) is 0 Å². The SMILES string of the molecule is Brc1cccc(-c2cc3ccccc3c3c2oc2ccccc23)c1. The summed E-state index contributed by atoms with van der Waals surface area (Å²) < 4.78 is 7.34.